The number of carbonyl (C=O) groups is 1. The average Bonchev–Trinajstić information content (AvgIpc) is 2.83. The van der Waals surface area contributed by atoms with Crippen molar-refractivity contribution in [2.24, 2.45) is 5.10 Å². The topological polar surface area (TPSA) is 93.8 Å². The van der Waals surface area contributed by atoms with Crippen LogP contribution in [0.5, 0.6) is 5.75 Å². The molecule has 178 valence electrons. The van der Waals surface area contributed by atoms with E-state index in [-0.39, 0.29) is 17.7 Å². The molecule has 4 rings (SSSR count). The molecule has 1 heterocycles. The van der Waals surface area contributed by atoms with E-state index in [0.29, 0.717) is 28.9 Å². The van der Waals surface area contributed by atoms with Gasteiger partial charge in [0.15, 0.2) is 0 Å². The summed E-state index contributed by atoms with van der Waals surface area (Å²) in [5.41, 5.74) is 2.21. The molecule has 0 aliphatic carbocycles. The van der Waals surface area contributed by atoms with Crippen LogP contribution in [0.15, 0.2) is 69.0 Å². The molecule has 3 aromatic carbocycles. The summed E-state index contributed by atoms with van der Waals surface area (Å²) in [7, 11) is 0. The van der Waals surface area contributed by atoms with E-state index in [0.717, 1.165) is 22.7 Å². The van der Waals surface area contributed by atoms with Gasteiger partial charge in [0.05, 0.1) is 29.8 Å². The van der Waals surface area contributed by atoms with E-state index in [4.69, 9.17) is 4.74 Å². The van der Waals surface area contributed by atoms with E-state index in [1.165, 1.54) is 4.68 Å². The molecule has 0 saturated heterocycles. The standard InChI is InChI=1S/C25H18BrI2N3O4/c1-2-22-30-21-7-6-17(26)11-18(21)24(32)31(22)29-12-15-9-19(27)23(20(28)10-15)35-13-14-4-3-5-16(8-14)25(33)34/h3-12H,2,13H2,1H3,(H,33,34). The number of halogens is 3. The highest BCUT2D eigenvalue weighted by molar-refractivity contribution is 14.1. The number of carboxylic acids is 1. The van der Waals surface area contributed by atoms with E-state index < -0.39 is 5.97 Å². The molecule has 0 bridgehead atoms. The Bertz CT molecular complexity index is 1510. The van der Waals surface area contributed by atoms with Crippen LogP contribution in [-0.2, 0) is 13.0 Å². The van der Waals surface area contributed by atoms with Crippen LogP contribution in [0, 0.1) is 7.14 Å². The molecule has 1 aromatic heterocycles. The number of hydrogen-bond acceptors (Lipinski definition) is 5. The lowest BCUT2D eigenvalue weighted by molar-refractivity contribution is 0.0696. The summed E-state index contributed by atoms with van der Waals surface area (Å²) in [5.74, 6) is 0.306. The Hall–Kier alpha value is -2.32. The molecule has 0 spiro atoms. The first-order valence-electron chi connectivity index (χ1n) is 10.5. The molecule has 0 aliphatic rings. The van der Waals surface area contributed by atoms with Gasteiger partial charge in [-0.15, -0.1) is 0 Å². The second-order valence-electron chi connectivity index (χ2n) is 7.51. The molecule has 0 amide bonds. The maximum atomic E-state index is 13.1. The lowest BCUT2D eigenvalue weighted by Crippen LogP contribution is -2.22. The number of nitrogens with zero attached hydrogens (tertiary/aromatic N) is 3. The minimum absolute atomic E-state index is 0.222. The van der Waals surface area contributed by atoms with Crippen LogP contribution in [0.25, 0.3) is 10.9 Å². The van der Waals surface area contributed by atoms with Gasteiger partial charge in [0, 0.05) is 10.9 Å². The highest BCUT2D eigenvalue weighted by atomic mass is 127. The zero-order chi connectivity index (χ0) is 25.1. The molecular formula is C25H18BrI2N3O4. The van der Waals surface area contributed by atoms with Gasteiger partial charge >= 0.3 is 5.97 Å². The number of carboxylic acid groups (broad SMARTS) is 1. The number of hydrogen-bond donors (Lipinski definition) is 1. The fourth-order valence-corrected chi connectivity index (χ4v) is 5.90. The Kier molecular flexibility index (Phi) is 8.22. The van der Waals surface area contributed by atoms with Gasteiger partial charge in [0.1, 0.15) is 18.2 Å². The first-order valence-corrected chi connectivity index (χ1v) is 13.4. The summed E-state index contributed by atoms with van der Waals surface area (Å²) < 4.78 is 9.88. The maximum absolute atomic E-state index is 13.1. The summed E-state index contributed by atoms with van der Waals surface area (Å²) in [6.07, 6.45) is 2.19. The summed E-state index contributed by atoms with van der Waals surface area (Å²) in [6.45, 7) is 2.18. The smallest absolute Gasteiger partial charge is 0.335 e. The van der Waals surface area contributed by atoms with Crippen molar-refractivity contribution in [2.45, 2.75) is 20.0 Å². The highest BCUT2D eigenvalue weighted by Gasteiger charge is 2.12. The number of aromatic nitrogens is 2. The van der Waals surface area contributed by atoms with Gasteiger partial charge in [-0.3, -0.25) is 4.79 Å². The second kappa shape index (κ2) is 11.2. The van der Waals surface area contributed by atoms with E-state index in [9.17, 15) is 14.7 Å². The Labute approximate surface area is 236 Å². The molecule has 4 aromatic rings. The van der Waals surface area contributed by atoms with Crippen LogP contribution in [0.4, 0.5) is 0 Å². The van der Waals surface area contributed by atoms with Crippen LogP contribution < -0.4 is 10.3 Å². The minimum Gasteiger partial charge on any atom is -0.487 e. The monoisotopic (exact) mass is 757 g/mol. The van der Waals surface area contributed by atoms with Crippen molar-refractivity contribution in [2.75, 3.05) is 0 Å². The lowest BCUT2D eigenvalue weighted by atomic mass is 10.1. The molecule has 0 radical (unpaired) electrons. The van der Waals surface area contributed by atoms with Crippen molar-refractivity contribution in [3.8, 4) is 5.75 Å². The van der Waals surface area contributed by atoms with Crippen molar-refractivity contribution in [3.05, 3.63) is 99.1 Å². The number of ether oxygens (including phenoxy) is 1. The average molecular weight is 758 g/mol. The third-order valence-electron chi connectivity index (χ3n) is 5.09. The number of aryl methyl sites for hydroxylation is 1. The molecule has 10 heteroatoms. The third-order valence-corrected chi connectivity index (χ3v) is 7.19. The number of benzene rings is 3. The molecule has 0 aliphatic heterocycles. The van der Waals surface area contributed by atoms with E-state index in [2.05, 4.69) is 71.2 Å². The fourth-order valence-electron chi connectivity index (χ4n) is 3.41. The molecule has 0 unspecified atom stereocenters. The predicted octanol–water partition coefficient (Wildman–Crippen LogP) is 6.09. The van der Waals surface area contributed by atoms with Crippen LogP contribution in [-0.4, -0.2) is 27.0 Å². The molecule has 35 heavy (non-hydrogen) atoms. The Balaban J connectivity index is 1.61. The van der Waals surface area contributed by atoms with Gasteiger partial charge in [0.25, 0.3) is 5.56 Å². The van der Waals surface area contributed by atoms with Crippen molar-refractivity contribution in [3.63, 3.8) is 0 Å². The molecule has 0 saturated carbocycles. The van der Waals surface area contributed by atoms with Crippen LogP contribution in [0.3, 0.4) is 0 Å². The van der Waals surface area contributed by atoms with Crippen LogP contribution in [0.2, 0.25) is 0 Å². The lowest BCUT2D eigenvalue weighted by Gasteiger charge is -2.12. The summed E-state index contributed by atoms with van der Waals surface area (Å²) in [4.78, 5) is 28.9. The van der Waals surface area contributed by atoms with E-state index >= 15 is 0 Å². The number of aromatic carboxylic acids is 1. The molecule has 7 nitrogen and oxygen atoms in total. The zero-order valence-electron chi connectivity index (χ0n) is 18.3. The van der Waals surface area contributed by atoms with Crippen LogP contribution >= 0.6 is 61.1 Å². The van der Waals surface area contributed by atoms with Gasteiger partial charge in [-0.05, 0) is 98.8 Å². The SMILES string of the molecule is CCc1nc2ccc(Br)cc2c(=O)n1N=Cc1cc(I)c(OCc2cccc(C(=O)O)c2)c(I)c1. The normalized spacial score (nSPS) is 11.3. The number of rotatable bonds is 7. The first-order chi connectivity index (χ1) is 16.8. The van der Waals surface area contributed by atoms with Crippen LogP contribution in [0.1, 0.15) is 34.2 Å². The maximum Gasteiger partial charge on any atom is 0.335 e. The Morgan fingerprint density at radius 1 is 1.17 bits per heavy atom. The van der Waals surface area contributed by atoms with Crippen molar-refractivity contribution < 1.29 is 14.6 Å². The van der Waals surface area contributed by atoms with Gasteiger partial charge in [-0.25, -0.2) is 9.78 Å². The fraction of sp³-hybridized carbons (Fsp3) is 0.120. The van der Waals surface area contributed by atoms with Gasteiger partial charge < -0.3 is 9.84 Å². The zero-order valence-corrected chi connectivity index (χ0v) is 24.2. The van der Waals surface area contributed by atoms with E-state index in [1.807, 2.05) is 37.3 Å². The Morgan fingerprint density at radius 2 is 1.91 bits per heavy atom. The highest BCUT2D eigenvalue weighted by Crippen LogP contribution is 2.29. The summed E-state index contributed by atoms with van der Waals surface area (Å²) in [5, 5.41) is 14.1. The number of fused-ring (bicyclic) bond motifs is 1. The largest absolute Gasteiger partial charge is 0.487 e. The van der Waals surface area contributed by atoms with Gasteiger partial charge in [-0.2, -0.15) is 9.78 Å². The molecule has 1 N–H and O–H groups in total. The molecule has 0 atom stereocenters. The third kappa shape index (κ3) is 5.92. The van der Waals surface area contributed by atoms with Gasteiger partial charge in [-0.1, -0.05) is 35.0 Å². The van der Waals surface area contributed by atoms with Crippen molar-refractivity contribution in [1.82, 2.24) is 9.66 Å². The van der Waals surface area contributed by atoms with Crippen molar-refractivity contribution >= 4 is 84.2 Å². The predicted molar refractivity (Wildman–Crippen MR) is 156 cm³/mol. The Morgan fingerprint density at radius 3 is 2.60 bits per heavy atom. The minimum atomic E-state index is -0.973. The van der Waals surface area contributed by atoms with E-state index in [1.54, 1.807) is 30.5 Å². The van der Waals surface area contributed by atoms with Gasteiger partial charge in [0.2, 0.25) is 0 Å². The second-order valence-corrected chi connectivity index (χ2v) is 10.8. The molecule has 0 fully saturated rings. The first kappa shape index (κ1) is 25.8. The molecular weight excluding hydrogens is 740 g/mol. The summed E-state index contributed by atoms with van der Waals surface area (Å²) >= 11 is 7.79. The quantitative estimate of drug-likeness (QED) is 0.182. The van der Waals surface area contributed by atoms with Crippen molar-refractivity contribution in [1.29, 1.82) is 0 Å². The summed E-state index contributed by atoms with van der Waals surface area (Å²) in [6, 6.07) is 15.9.